The Labute approximate surface area is 182 Å². The van der Waals surface area contributed by atoms with Crippen LogP contribution < -0.4 is 16.4 Å². The topological polar surface area (TPSA) is 87.5 Å². The maximum Gasteiger partial charge on any atom is 0.250 e. The van der Waals surface area contributed by atoms with Crippen LogP contribution in [-0.4, -0.2) is 48.3 Å². The van der Waals surface area contributed by atoms with E-state index in [9.17, 15) is 18.4 Å². The molecular weight excluding hydrogens is 402 g/mol. The number of benzene rings is 1. The molecule has 1 aromatic carbocycles. The molecule has 2 aliphatic heterocycles. The maximum atomic E-state index is 13.7. The van der Waals surface area contributed by atoms with Crippen molar-refractivity contribution < 1.29 is 18.4 Å². The molecule has 2 unspecified atom stereocenters. The van der Waals surface area contributed by atoms with Crippen molar-refractivity contribution in [2.45, 2.75) is 75.8 Å². The van der Waals surface area contributed by atoms with Gasteiger partial charge in [-0.3, -0.25) is 19.8 Å². The average Bonchev–Trinajstić information content (AvgIpc) is 2.74. The van der Waals surface area contributed by atoms with Gasteiger partial charge in [-0.05, 0) is 43.5 Å². The van der Waals surface area contributed by atoms with E-state index in [2.05, 4.69) is 15.5 Å². The van der Waals surface area contributed by atoms with Crippen molar-refractivity contribution in [3.05, 3.63) is 29.8 Å². The average molecular weight is 437 g/mol. The lowest BCUT2D eigenvalue weighted by atomic mass is 9.95. The number of imide groups is 1. The summed E-state index contributed by atoms with van der Waals surface area (Å²) in [6.07, 6.45) is 5.78. The SMILES string of the molecule is NCCCCCCC(c1ccc(NC2CCC(=O)NC2=O)cc1)N1CCC(F)(F)CC1. The third-order valence-corrected chi connectivity index (χ3v) is 6.28. The first-order valence-electron chi connectivity index (χ1n) is 11.4. The molecule has 0 saturated carbocycles. The van der Waals surface area contributed by atoms with Crippen molar-refractivity contribution in [2.75, 3.05) is 25.0 Å². The summed E-state index contributed by atoms with van der Waals surface area (Å²) < 4.78 is 27.3. The number of amides is 2. The summed E-state index contributed by atoms with van der Waals surface area (Å²) in [7, 11) is 0. The fourth-order valence-electron chi connectivity index (χ4n) is 4.39. The summed E-state index contributed by atoms with van der Waals surface area (Å²) in [5, 5.41) is 5.54. The van der Waals surface area contributed by atoms with Crippen molar-refractivity contribution in [3.8, 4) is 0 Å². The van der Waals surface area contributed by atoms with Crippen LogP contribution in [0.25, 0.3) is 0 Å². The number of nitrogens with zero attached hydrogens (tertiary/aromatic N) is 1. The molecular formula is C23H34F2N4O2. The Balaban J connectivity index is 1.63. The fourth-order valence-corrected chi connectivity index (χ4v) is 4.39. The fraction of sp³-hybridized carbons (Fsp3) is 0.652. The van der Waals surface area contributed by atoms with Gasteiger partial charge in [0.15, 0.2) is 0 Å². The number of hydrogen-bond acceptors (Lipinski definition) is 5. The molecule has 0 spiro atoms. The number of piperidine rings is 2. The summed E-state index contributed by atoms with van der Waals surface area (Å²) in [5.41, 5.74) is 7.49. The number of nitrogens with two attached hydrogens (primary N) is 1. The van der Waals surface area contributed by atoms with Crippen LogP contribution in [0.3, 0.4) is 0 Å². The predicted molar refractivity (Wildman–Crippen MR) is 117 cm³/mol. The number of rotatable bonds is 10. The Morgan fingerprint density at radius 2 is 1.77 bits per heavy atom. The first-order chi connectivity index (χ1) is 14.9. The van der Waals surface area contributed by atoms with Crippen molar-refractivity contribution in [1.82, 2.24) is 10.2 Å². The van der Waals surface area contributed by atoms with Gasteiger partial charge in [0, 0.05) is 44.1 Å². The Bertz CT molecular complexity index is 732. The van der Waals surface area contributed by atoms with Gasteiger partial charge < -0.3 is 11.1 Å². The van der Waals surface area contributed by atoms with Crippen LogP contribution in [0, 0.1) is 0 Å². The molecule has 4 N–H and O–H groups in total. The lowest BCUT2D eigenvalue weighted by Gasteiger charge is -2.38. The Morgan fingerprint density at radius 1 is 1.10 bits per heavy atom. The number of carbonyl (C=O) groups is 2. The molecule has 1 aromatic rings. The molecule has 31 heavy (non-hydrogen) atoms. The molecule has 2 heterocycles. The smallest absolute Gasteiger partial charge is 0.250 e. The molecule has 3 rings (SSSR count). The van der Waals surface area contributed by atoms with Crippen LogP contribution in [0.2, 0.25) is 0 Å². The highest BCUT2D eigenvalue weighted by atomic mass is 19.3. The van der Waals surface area contributed by atoms with Gasteiger partial charge in [-0.25, -0.2) is 8.78 Å². The molecule has 2 saturated heterocycles. The number of nitrogens with one attached hydrogen (secondary N) is 2. The lowest BCUT2D eigenvalue weighted by Crippen LogP contribution is -2.47. The lowest BCUT2D eigenvalue weighted by molar-refractivity contribution is -0.133. The molecule has 8 heteroatoms. The van der Waals surface area contributed by atoms with Gasteiger partial charge in [0.25, 0.3) is 5.92 Å². The molecule has 172 valence electrons. The first kappa shape index (κ1) is 23.6. The van der Waals surface area contributed by atoms with Gasteiger partial charge in [-0.2, -0.15) is 0 Å². The van der Waals surface area contributed by atoms with E-state index < -0.39 is 12.0 Å². The van der Waals surface area contributed by atoms with Crippen molar-refractivity contribution in [3.63, 3.8) is 0 Å². The molecule has 0 bridgehead atoms. The van der Waals surface area contributed by atoms with E-state index in [1.54, 1.807) is 0 Å². The van der Waals surface area contributed by atoms with Gasteiger partial charge >= 0.3 is 0 Å². The normalized spacial score (nSPS) is 22.7. The van der Waals surface area contributed by atoms with Gasteiger partial charge in [0.1, 0.15) is 6.04 Å². The standard InChI is InChI=1S/C23H34F2N4O2/c24-23(25)12-15-29(16-13-23)20(5-3-1-2-4-14-26)17-6-8-18(9-7-17)27-19-10-11-21(30)28-22(19)31/h6-9,19-20,27H,1-5,10-16,26H2,(H,28,30,31). The molecule has 0 aliphatic carbocycles. The van der Waals surface area contributed by atoms with E-state index in [1.807, 2.05) is 24.3 Å². The monoisotopic (exact) mass is 436 g/mol. The minimum Gasteiger partial charge on any atom is -0.374 e. The molecule has 6 nitrogen and oxygen atoms in total. The Kier molecular flexibility index (Phi) is 8.37. The molecule has 0 radical (unpaired) electrons. The second-order valence-electron chi connectivity index (χ2n) is 8.67. The highest BCUT2D eigenvalue weighted by molar-refractivity contribution is 6.01. The molecule has 2 atom stereocenters. The number of anilines is 1. The van der Waals surface area contributed by atoms with Crippen LogP contribution in [0.4, 0.5) is 14.5 Å². The zero-order chi connectivity index (χ0) is 22.3. The van der Waals surface area contributed by atoms with Gasteiger partial charge in [0.05, 0.1) is 0 Å². The largest absolute Gasteiger partial charge is 0.374 e. The van der Waals surface area contributed by atoms with E-state index in [-0.39, 0.29) is 30.7 Å². The number of alkyl halides is 2. The van der Waals surface area contributed by atoms with E-state index in [1.165, 1.54) is 0 Å². The van der Waals surface area contributed by atoms with E-state index in [0.29, 0.717) is 32.5 Å². The minimum atomic E-state index is -2.56. The summed E-state index contributed by atoms with van der Waals surface area (Å²) in [5.74, 6) is -3.09. The Morgan fingerprint density at radius 3 is 2.42 bits per heavy atom. The third-order valence-electron chi connectivity index (χ3n) is 6.28. The number of hydrogen-bond donors (Lipinski definition) is 3. The maximum absolute atomic E-state index is 13.7. The van der Waals surface area contributed by atoms with Crippen molar-refractivity contribution in [1.29, 1.82) is 0 Å². The third kappa shape index (κ3) is 6.97. The highest BCUT2D eigenvalue weighted by Gasteiger charge is 2.36. The summed E-state index contributed by atoms with van der Waals surface area (Å²) in [6.45, 7) is 1.50. The van der Waals surface area contributed by atoms with Crippen LogP contribution >= 0.6 is 0 Å². The van der Waals surface area contributed by atoms with Crippen LogP contribution in [0.15, 0.2) is 24.3 Å². The molecule has 2 aliphatic rings. The van der Waals surface area contributed by atoms with E-state index in [0.717, 1.165) is 43.4 Å². The van der Waals surface area contributed by atoms with Gasteiger partial charge in [-0.1, -0.05) is 31.4 Å². The summed E-state index contributed by atoms with van der Waals surface area (Å²) >= 11 is 0. The zero-order valence-corrected chi connectivity index (χ0v) is 18.0. The van der Waals surface area contributed by atoms with Gasteiger partial charge in [-0.15, -0.1) is 0 Å². The van der Waals surface area contributed by atoms with Crippen LogP contribution in [0.5, 0.6) is 0 Å². The molecule has 2 amide bonds. The number of unbranched alkanes of at least 4 members (excludes halogenated alkanes) is 3. The number of likely N-dealkylation sites (tertiary alicyclic amines) is 1. The zero-order valence-electron chi connectivity index (χ0n) is 18.0. The predicted octanol–water partition coefficient (Wildman–Crippen LogP) is 3.59. The number of carbonyl (C=O) groups excluding carboxylic acids is 2. The minimum absolute atomic E-state index is 0.0914. The Hall–Kier alpha value is -2.06. The summed E-state index contributed by atoms with van der Waals surface area (Å²) in [6, 6.07) is 7.58. The van der Waals surface area contributed by atoms with Crippen LogP contribution in [-0.2, 0) is 9.59 Å². The second kappa shape index (κ2) is 11.0. The quantitative estimate of drug-likeness (QED) is 0.385. The van der Waals surface area contributed by atoms with Gasteiger partial charge in [0.2, 0.25) is 11.8 Å². The van der Waals surface area contributed by atoms with E-state index >= 15 is 0 Å². The molecule has 2 fully saturated rings. The molecule has 0 aromatic heterocycles. The van der Waals surface area contributed by atoms with Crippen LogP contribution in [0.1, 0.15) is 69.4 Å². The van der Waals surface area contributed by atoms with E-state index in [4.69, 9.17) is 5.73 Å². The second-order valence-corrected chi connectivity index (χ2v) is 8.67. The van der Waals surface area contributed by atoms with Crippen molar-refractivity contribution >= 4 is 17.5 Å². The summed E-state index contributed by atoms with van der Waals surface area (Å²) in [4.78, 5) is 25.5. The first-order valence-corrected chi connectivity index (χ1v) is 11.4. The highest BCUT2D eigenvalue weighted by Crippen LogP contribution is 2.35. The number of halogens is 2. The van der Waals surface area contributed by atoms with Crippen molar-refractivity contribution in [2.24, 2.45) is 5.73 Å².